The highest BCUT2D eigenvalue weighted by Crippen LogP contribution is 2.34. The molecule has 0 aliphatic heterocycles. The fraction of sp³-hybridized carbons (Fsp3) is 0.267. The molecule has 0 aromatic carbocycles. The van der Waals surface area contributed by atoms with Gasteiger partial charge in [0.15, 0.2) is 5.16 Å². The number of aryl methyl sites for hydroxylation is 2. The monoisotopic (exact) mass is 333 g/mol. The molecule has 3 heterocycles. The van der Waals surface area contributed by atoms with E-state index < -0.39 is 0 Å². The largest absolute Gasteiger partial charge is 0.384 e. The van der Waals surface area contributed by atoms with Crippen molar-refractivity contribution in [1.82, 2.24) is 19.5 Å². The van der Waals surface area contributed by atoms with Crippen molar-refractivity contribution in [3.05, 3.63) is 40.9 Å². The van der Waals surface area contributed by atoms with Gasteiger partial charge in [0.25, 0.3) is 0 Å². The maximum Gasteiger partial charge on any atom is 0.191 e. The van der Waals surface area contributed by atoms with Crippen molar-refractivity contribution in [2.45, 2.75) is 24.3 Å². The molecule has 114 valence electrons. The number of halogens is 1. The molecule has 7 heteroatoms. The van der Waals surface area contributed by atoms with Gasteiger partial charge in [0.2, 0.25) is 0 Å². The number of aromatic nitrogens is 4. The molecule has 5 nitrogen and oxygen atoms in total. The highest BCUT2D eigenvalue weighted by molar-refractivity contribution is 7.99. The van der Waals surface area contributed by atoms with E-state index >= 15 is 0 Å². The molecule has 0 radical (unpaired) electrons. The molecular weight excluding hydrogens is 318 g/mol. The quantitative estimate of drug-likeness (QED) is 0.449. The first-order valence-corrected chi connectivity index (χ1v) is 8.08. The van der Waals surface area contributed by atoms with E-state index in [-0.39, 0.29) is 5.25 Å². The number of hydrogen-bond acceptors (Lipinski definition) is 5. The average molecular weight is 334 g/mol. The third-order valence-electron chi connectivity index (χ3n) is 3.49. The van der Waals surface area contributed by atoms with Crippen LogP contribution in [0.1, 0.15) is 23.4 Å². The van der Waals surface area contributed by atoms with Crippen molar-refractivity contribution in [2.24, 2.45) is 7.05 Å². The molecule has 3 rings (SSSR count). The molecule has 0 aliphatic rings. The lowest BCUT2D eigenvalue weighted by molar-refractivity contribution is 0.938. The highest BCUT2D eigenvalue weighted by Gasteiger charge is 2.14. The van der Waals surface area contributed by atoms with Gasteiger partial charge in [-0.3, -0.25) is 4.98 Å². The Labute approximate surface area is 137 Å². The van der Waals surface area contributed by atoms with Crippen LogP contribution in [0.2, 0.25) is 5.15 Å². The lowest BCUT2D eigenvalue weighted by atomic mass is 10.2. The summed E-state index contributed by atoms with van der Waals surface area (Å²) >= 11 is 7.41. The zero-order valence-corrected chi connectivity index (χ0v) is 14.1. The van der Waals surface area contributed by atoms with Gasteiger partial charge in [-0.2, -0.15) is 0 Å². The fourth-order valence-corrected chi connectivity index (χ4v) is 3.51. The fourth-order valence-electron chi connectivity index (χ4n) is 2.40. The van der Waals surface area contributed by atoms with Crippen molar-refractivity contribution < 1.29 is 0 Å². The van der Waals surface area contributed by atoms with Gasteiger partial charge in [-0.05, 0) is 25.5 Å². The second-order valence-electron chi connectivity index (χ2n) is 5.21. The molecule has 0 bridgehead atoms. The third kappa shape index (κ3) is 2.89. The van der Waals surface area contributed by atoms with Crippen LogP contribution >= 0.6 is 23.4 Å². The van der Waals surface area contributed by atoms with Crippen LogP contribution < -0.4 is 5.73 Å². The standard InChI is InChI=1S/C15H16ClN5S/c1-8-7-21(3)12-6-18-11(4-10(8)12)9(2)22-15-19-13(16)5-14(17)20-15/h4-7,9H,1-3H3,(H2,17,19,20). The Bertz CT molecular complexity index is 825. The third-order valence-corrected chi connectivity index (χ3v) is 4.67. The minimum Gasteiger partial charge on any atom is -0.384 e. The Hall–Kier alpha value is -1.79. The first kappa shape index (κ1) is 15.1. The lowest BCUT2D eigenvalue weighted by Gasteiger charge is -2.10. The highest BCUT2D eigenvalue weighted by atomic mass is 35.5. The lowest BCUT2D eigenvalue weighted by Crippen LogP contribution is -1.98. The number of thioether (sulfide) groups is 1. The van der Waals surface area contributed by atoms with Crippen molar-refractivity contribution in [1.29, 1.82) is 0 Å². The summed E-state index contributed by atoms with van der Waals surface area (Å²) in [4.78, 5) is 12.9. The molecule has 3 aromatic heterocycles. The van der Waals surface area contributed by atoms with E-state index in [1.165, 1.54) is 28.8 Å². The number of anilines is 1. The normalized spacial score (nSPS) is 12.7. The van der Waals surface area contributed by atoms with E-state index in [1.54, 1.807) is 0 Å². The van der Waals surface area contributed by atoms with Gasteiger partial charge in [0.05, 0.1) is 22.7 Å². The van der Waals surface area contributed by atoms with E-state index in [2.05, 4.69) is 45.6 Å². The van der Waals surface area contributed by atoms with Crippen LogP contribution in [0.25, 0.3) is 10.9 Å². The first-order chi connectivity index (χ1) is 10.4. The summed E-state index contributed by atoms with van der Waals surface area (Å²) in [5.74, 6) is 0.372. The Morgan fingerprint density at radius 3 is 2.82 bits per heavy atom. The summed E-state index contributed by atoms with van der Waals surface area (Å²) < 4.78 is 2.08. The van der Waals surface area contributed by atoms with E-state index in [0.717, 1.165) is 11.2 Å². The number of hydrogen-bond donors (Lipinski definition) is 1. The maximum absolute atomic E-state index is 5.92. The van der Waals surface area contributed by atoms with Crippen molar-refractivity contribution in [3.63, 3.8) is 0 Å². The SMILES string of the molecule is Cc1cn(C)c2cnc(C(C)Sc3nc(N)cc(Cl)n3)cc12. The van der Waals surface area contributed by atoms with E-state index in [9.17, 15) is 0 Å². The molecule has 2 N–H and O–H groups in total. The number of nitrogens with zero attached hydrogens (tertiary/aromatic N) is 4. The Morgan fingerprint density at radius 2 is 2.09 bits per heavy atom. The van der Waals surface area contributed by atoms with Crippen LogP contribution in [0, 0.1) is 6.92 Å². The van der Waals surface area contributed by atoms with Crippen LogP contribution in [0.15, 0.2) is 29.7 Å². The molecule has 1 unspecified atom stereocenters. The van der Waals surface area contributed by atoms with Gasteiger partial charge < -0.3 is 10.3 Å². The summed E-state index contributed by atoms with van der Waals surface area (Å²) in [6, 6.07) is 3.66. The average Bonchev–Trinajstić information content (AvgIpc) is 2.72. The van der Waals surface area contributed by atoms with Gasteiger partial charge >= 0.3 is 0 Å². The Kier molecular flexibility index (Phi) is 3.97. The van der Waals surface area contributed by atoms with E-state index in [4.69, 9.17) is 17.3 Å². The zero-order chi connectivity index (χ0) is 15.9. The maximum atomic E-state index is 5.92. The molecule has 0 saturated carbocycles. The second kappa shape index (κ2) is 5.78. The summed E-state index contributed by atoms with van der Waals surface area (Å²) in [6.07, 6.45) is 4.01. The van der Waals surface area contributed by atoms with Gasteiger partial charge in [0, 0.05) is 24.7 Å². The smallest absolute Gasteiger partial charge is 0.191 e. The van der Waals surface area contributed by atoms with Crippen molar-refractivity contribution >= 4 is 40.1 Å². The van der Waals surface area contributed by atoms with Crippen LogP contribution in [0.5, 0.6) is 0 Å². The Balaban J connectivity index is 1.91. The summed E-state index contributed by atoms with van der Waals surface area (Å²) in [6.45, 7) is 4.17. The molecule has 0 aliphatic carbocycles. The summed E-state index contributed by atoms with van der Waals surface area (Å²) in [5.41, 5.74) is 9.05. The van der Waals surface area contributed by atoms with Crippen molar-refractivity contribution in [2.75, 3.05) is 5.73 Å². The summed E-state index contributed by atoms with van der Waals surface area (Å²) in [7, 11) is 2.03. The van der Waals surface area contributed by atoms with E-state index in [1.807, 2.05) is 13.2 Å². The number of nitrogen functional groups attached to an aromatic ring is 1. The second-order valence-corrected chi connectivity index (χ2v) is 6.90. The molecule has 0 amide bonds. The minimum atomic E-state index is 0.0990. The zero-order valence-electron chi connectivity index (χ0n) is 12.5. The molecule has 3 aromatic rings. The topological polar surface area (TPSA) is 69.6 Å². The number of nitrogens with two attached hydrogens (primary N) is 1. The van der Waals surface area contributed by atoms with Gasteiger partial charge in [-0.1, -0.05) is 23.4 Å². The molecule has 0 fully saturated rings. The summed E-state index contributed by atoms with van der Waals surface area (Å²) in [5, 5.41) is 2.22. The molecule has 1 atom stereocenters. The Morgan fingerprint density at radius 1 is 1.32 bits per heavy atom. The minimum absolute atomic E-state index is 0.0990. The van der Waals surface area contributed by atoms with Crippen molar-refractivity contribution in [3.8, 4) is 0 Å². The predicted molar refractivity (Wildman–Crippen MR) is 91.2 cm³/mol. The van der Waals surface area contributed by atoms with Gasteiger partial charge in [-0.25, -0.2) is 9.97 Å². The van der Waals surface area contributed by atoms with Gasteiger partial charge in [0.1, 0.15) is 11.0 Å². The number of rotatable bonds is 3. The molecule has 22 heavy (non-hydrogen) atoms. The van der Waals surface area contributed by atoms with Crippen LogP contribution in [0.3, 0.4) is 0 Å². The predicted octanol–water partition coefficient (Wildman–Crippen LogP) is 3.76. The van der Waals surface area contributed by atoms with Gasteiger partial charge in [-0.15, -0.1) is 0 Å². The van der Waals surface area contributed by atoms with Crippen LogP contribution in [-0.4, -0.2) is 19.5 Å². The molecular formula is C15H16ClN5S. The van der Waals surface area contributed by atoms with Crippen LogP contribution in [-0.2, 0) is 7.05 Å². The number of pyridine rings is 1. The van der Waals surface area contributed by atoms with Crippen LogP contribution in [0.4, 0.5) is 5.82 Å². The molecule has 0 spiro atoms. The first-order valence-electron chi connectivity index (χ1n) is 6.82. The molecule has 0 saturated heterocycles. The number of fused-ring (bicyclic) bond motifs is 1. The van der Waals surface area contributed by atoms with E-state index in [0.29, 0.717) is 16.1 Å².